The standard InChI is InChI=1S/C15H17BrN2O4/c1-21-14(19)5-3-2-4-8-22-18-10-17-13-7-6-11(16)9-12(13)15(18)20/h6-7,9-10H,2-5,8H2,1H3. The van der Waals surface area contributed by atoms with Crippen molar-refractivity contribution in [1.82, 2.24) is 9.71 Å². The number of esters is 1. The molecule has 0 amide bonds. The fourth-order valence-corrected chi connectivity index (χ4v) is 2.34. The van der Waals surface area contributed by atoms with Crippen LogP contribution in [-0.2, 0) is 9.53 Å². The molecule has 0 aliphatic carbocycles. The summed E-state index contributed by atoms with van der Waals surface area (Å²) in [4.78, 5) is 32.8. The Hall–Kier alpha value is -1.89. The fraction of sp³-hybridized carbons (Fsp3) is 0.400. The van der Waals surface area contributed by atoms with E-state index in [0.717, 1.165) is 28.5 Å². The number of ether oxygens (including phenoxy) is 1. The Labute approximate surface area is 136 Å². The van der Waals surface area contributed by atoms with E-state index in [4.69, 9.17) is 4.84 Å². The molecule has 0 bridgehead atoms. The molecule has 0 aliphatic rings. The third-order valence-corrected chi connectivity index (χ3v) is 3.67. The van der Waals surface area contributed by atoms with Gasteiger partial charge in [0, 0.05) is 10.9 Å². The molecule has 0 unspecified atom stereocenters. The number of methoxy groups -OCH3 is 1. The van der Waals surface area contributed by atoms with Crippen molar-refractivity contribution in [3.05, 3.63) is 39.4 Å². The molecule has 0 N–H and O–H groups in total. The molecule has 118 valence electrons. The number of nitrogens with zero attached hydrogens (tertiary/aromatic N) is 2. The van der Waals surface area contributed by atoms with Crippen LogP contribution in [0.3, 0.4) is 0 Å². The van der Waals surface area contributed by atoms with Crippen molar-refractivity contribution in [1.29, 1.82) is 0 Å². The molecular weight excluding hydrogens is 352 g/mol. The number of unbranched alkanes of at least 4 members (excludes halogenated alkanes) is 2. The van der Waals surface area contributed by atoms with Gasteiger partial charge in [-0.15, -0.1) is 4.73 Å². The highest BCUT2D eigenvalue weighted by molar-refractivity contribution is 9.10. The summed E-state index contributed by atoms with van der Waals surface area (Å²) < 4.78 is 6.53. The highest BCUT2D eigenvalue weighted by atomic mass is 79.9. The first-order valence-electron chi connectivity index (χ1n) is 6.99. The maximum absolute atomic E-state index is 12.2. The fourth-order valence-electron chi connectivity index (χ4n) is 1.98. The van der Waals surface area contributed by atoms with Gasteiger partial charge < -0.3 is 9.57 Å². The number of aromatic nitrogens is 2. The first kappa shape index (κ1) is 16.5. The summed E-state index contributed by atoms with van der Waals surface area (Å²) in [5.74, 6) is -0.207. The number of halogens is 1. The first-order valence-corrected chi connectivity index (χ1v) is 7.78. The number of hydrogen-bond donors (Lipinski definition) is 0. The maximum atomic E-state index is 12.2. The van der Waals surface area contributed by atoms with E-state index >= 15 is 0 Å². The number of rotatable bonds is 7. The Morgan fingerprint density at radius 1 is 1.32 bits per heavy atom. The maximum Gasteiger partial charge on any atom is 0.305 e. The lowest BCUT2D eigenvalue weighted by molar-refractivity contribution is -0.140. The van der Waals surface area contributed by atoms with Crippen molar-refractivity contribution in [2.75, 3.05) is 13.7 Å². The molecule has 0 radical (unpaired) electrons. The van der Waals surface area contributed by atoms with Crippen LogP contribution in [0.25, 0.3) is 10.9 Å². The van der Waals surface area contributed by atoms with Gasteiger partial charge >= 0.3 is 5.97 Å². The zero-order chi connectivity index (χ0) is 15.9. The second kappa shape index (κ2) is 7.93. The van der Waals surface area contributed by atoms with Crippen LogP contribution in [0.1, 0.15) is 25.7 Å². The number of carbonyl (C=O) groups excluding carboxylic acids is 1. The predicted octanol–water partition coefficient (Wildman–Crippen LogP) is 2.32. The van der Waals surface area contributed by atoms with E-state index in [0.29, 0.717) is 23.9 Å². The largest absolute Gasteiger partial charge is 0.469 e. The first-order chi connectivity index (χ1) is 10.6. The minimum absolute atomic E-state index is 0.207. The van der Waals surface area contributed by atoms with Crippen LogP contribution in [0.5, 0.6) is 0 Å². The quantitative estimate of drug-likeness (QED) is 0.553. The number of carbonyl (C=O) groups is 1. The van der Waals surface area contributed by atoms with Gasteiger partial charge in [-0.3, -0.25) is 9.59 Å². The lowest BCUT2D eigenvalue weighted by atomic mass is 10.2. The number of hydrogen-bond acceptors (Lipinski definition) is 5. The van der Waals surface area contributed by atoms with Crippen molar-refractivity contribution >= 4 is 32.8 Å². The van der Waals surface area contributed by atoms with Crippen LogP contribution in [0.4, 0.5) is 0 Å². The third-order valence-electron chi connectivity index (χ3n) is 3.17. The van der Waals surface area contributed by atoms with E-state index in [9.17, 15) is 9.59 Å². The number of fused-ring (bicyclic) bond motifs is 1. The van der Waals surface area contributed by atoms with Crippen LogP contribution < -0.4 is 10.4 Å². The Bertz CT molecular complexity index is 714. The SMILES string of the molecule is COC(=O)CCCCCOn1cnc2ccc(Br)cc2c1=O. The average Bonchev–Trinajstić information content (AvgIpc) is 2.52. The molecule has 0 aliphatic heterocycles. The lowest BCUT2D eigenvalue weighted by Gasteiger charge is -2.08. The molecule has 1 aromatic heterocycles. The topological polar surface area (TPSA) is 70.4 Å². The third kappa shape index (κ3) is 4.30. The molecule has 1 heterocycles. The van der Waals surface area contributed by atoms with Crippen LogP contribution in [-0.4, -0.2) is 29.4 Å². The second-order valence-corrected chi connectivity index (χ2v) is 5.67. The summed E-state index contributed by atoms with van der Waals surface area (Å²) in [5.41, 5.74) is 0.395. The molecule has 0 saturated carbocycles. The van der Waals surface area contributed by atoms with E-state index in [1.165, 1.54) is 13.4 Å². The van der Waals surface area contributed by atoms with Gasteiger partial charge in [-0.1, -0.05) is 15.9 Å². The minimum atomic E-state index is -0.235. The summed E-state index contributed by atoms with van der Waals surface area (Å²) in [7, 11) is 1.38. The van der Waals surface area contributed by atoms with E-state index in [2.05, 4.69) is 25.7 Å². The normalized spacial score (nSPS) is 10.6. The van der Waals surface area contributed by atoms with Gasteiger partial charge in [-0.25, -0.2) is 4.98 Å². The van der Waals surface area contributed by atoms with Crippen molar-refractivity contribution in [3.63, 3.8) is 0 Å². The minimum Gasteiger partial charge on any atom is -0.469 e. The molecular formula is C15H17BrN2O4. The van der Waals surface area contributed by atoms with E-state index in [1.54, 1.807) is 12.1 Å². The summed E-state index contributed by atoms with van der Waals surface area (Å²) in [6.45, 7) is 0.391. The Kier molecular flexibility index (Phi) is 5.94. The molecule has 0 spiro atoms. The van der Waals surface area contributed by atoms with Gasteiger partial charge in [-0.2, -0.15) is 0 Å². The van der Waals surface area contributed by atoms with E-state index < -0.39 is 0 Å². The number of benzene rings is 1. The van der Waals surface area contributed by atoms with Crippen LogP contribution >= 0.6 is 15.9 Å². The second-order valence-electron chi connectivity index (χ2n) is 4.76. The molecule has 22 heavy (non-hydrogen) atoms. The van der Waals surface area contributed by atoms with Gasteiger partial charge in [-0.05, 0) is 37.5 Å². The average molecular weight is 369 g/mol. The van der Waals surface area contributed by atoms with Gasteiger partial charge in [0.15, 0.2) is 0 Å². The van der Waals surface area contributed by atoms with Crippen LogP contribution in [0.2, 0.25) is 0 Å². The molecule has 6 nitrogen and oxygen atoms in total. The van der Waals surface area contributed by atoms with Crippen molar-refractivity contribution in [2.24, 2.45) is 0 Å². The van der Waals surface area contributed by atoms with Crippen molar-refractivity contribution < 1.29 is 14.4 Å². The molecule has 7 heteroatoms. The summed E-state index contributed by atoms with van der Waals surface area (Å²) in [5, 5.41) is 0.502. The Balaban J connectivity index is 1.88. The van der Waals surface area contributed by atoms with Crippen LogP contribution in [0.15, 0.2) is 33.8 Å². The highest BCUT2D eigenvalue weighted by Gasteiger charge is 2.05. The summed E-state index contributed by atoms with van der Waals surface area (Å²) in [6, 6.07) is 5.33. The molecule has 2 rings (SSSR count). The Morgan fingerprint density at radius 3 is 2.91 bits per heavy atom. The van der Waals surface area contributed by atoms with Crippen LogP contribution in [0, 0.1) is 0 Å². The lowest BCUT2D eigenvalue weighted by Crippen LogP contribution is -2.27. The highest BCUT2D eigenvalue weighted by Crippen LogP contribution is 2.14. The smallest absolute Gasteiger partial charge is 0.305 e. The summed E-state index contributed by atoms with van der Waals surface area (Å²) in [6.07, 6.45) is 4.11. The Morgan fingerprint density at radius 2 is 2.14 bits per heavy atom. The van der Waals surface area contributed by atoms with Crippen molar-refractivity contribution in [3.8, 4) is 0 Å². The molecule has 0 fully saturated rings. The molecule has 0 saturated heterocycles. The van der Waals surface area contributed by atoms with Gasteiger partial charge in [0.05, 0.1) is 18.0 Å². The van der Waals surface area contributed by atoms with E-state index in [-0.39, 0.29) is 11.5 Å². The summed E-state index contributed by atoms with van der Waals surface area (Å²) >= 11 is 3.34. The van der Waals surface area contributed by atoms with Gasteiger partial charge in [0.2, 0.25) is 0 Å². The predicted molar refractivity (Wildman–Crippen MR) is 85.6 cm³/mol. The zero-order valence-electron chi connectivity index (χ0n) is 12.3. The van der Waals surface area contributed by atoms with Gasteiger partial charge in [0.25, 0.3) is 5.56 Å². The zero-order valence-corrected chi connectivity index (χ0v) is 13.8. The molecule has 2 aromatic rings. The van der Waals surface area contributed by atoms with E-state index in [1.807, 2.05) is 6.07 Å². The molecule has 1 aromatic carbocycles. The molecule has 0 atom stereocenters. The van der Waals surface area contributed by atoms with Gasteiger partial charge in [0.1, 0.15) is 12.9 Å². The monoisotopic (exact) mass is 368 g/mol. The van der Waals surface area contributed by atoms with Crippen molar-refractivity contribution in [2.45, 2.75) is 25.7 Å².